The van der Waals surface area contributed by atoms with Crippen molar-refractivity contribution in [1.29, 1.82) is 0 Å². The molecule has 1 saturated carbocycles. The third kappa shape index (κ3) is 2.85. The maximum Gasteiger partial charge on any atom is 0.225 e. The van der Waals surface area contributed by atoms with Crippen LogP contribution in [0.4, 0.5) is 0 Å². The van der Waals surface area contributed by atoms with Crippen molar-refractivity contribution in [3.05, 3.63) is 0 Å². The molecule has 2 rings (SSSR count). The van der Waals surface area contributed by atoms with Crippen LogP contribution >= 0.6 is 0 Å². The number of amides is 2. The van der Waals surface area contributed by atoms with E-state index in [4.69, 9.17) is 0 Å². The van der Waals surface area contributed by atoms with Gasteiger partial charge >= 0.3 is 0 Å². The second kappa shape index (κ2) is 4.90. The van der Waals surface area contributed by atoms with E-state index in [1.54, 1.807) is 0 Å². The van der Waals surface area contributed by atoms with Crippen LogP contribution in [0.3, 0.4) is 0 Å². The Balaban J connectivity index is 1.91. The van der Waals surface area contributed by atoms with Crippen molar-refractivity contribution in [2.24, 2.45) is 5.92 Å². The number of nitrogens with zero attached hydrogens (tertiary/aromatic N) is 1. The molecule has 1 aliphatic carbocycles. The van der Waals surface area contributed by atoms with Crippen molar-refractivity contribution in [3.8, 4) is 0 Å². The lowest BCUT2D eigenvalue weighted by molar-refractivity contribution is -0.132. The molecule has 2 fully saturated rings. The van der Waals surface area contributed by atoms with Gasteiger partial charge in [0.05, 0.1) is 5.92 Å². The molecule has 0 aromatic carbocycles. The summed E-state index contributed by atoms with van der Waals surface area (Å²) >= 11 is 0. The van der Waals surface area contributed by atoms with Gasteiger partial charge in [-0.2, -0.15) is 0 Å². The highest BCUT2D eigenvalue weighted by molar-refractivity contribution is 5.89. The Morgan fingerprint density at radius 2 is 1.89 bits per heavy atom. The average Bonchev–Trinajstić information content (AvgIpc) is 2.85. The molecule has 102 valence electrons. The smallest absolute Gasteiger partial charge is 0.225 e. The van der Waals surface area contributed by atoms with Crippen LogP contribution in [0.25, 0.3) is 0 Å². The molecule has 0 unspecified atom stereocenters. The first-order valence-corrected chi connectivity index (χ1v) is 6.99. The minimum atomic E-state index is -0.181. The Kier molecular flexibility index (Phi) is 3.64. The highest BCUT2D eigenvalue weighted by atomic mass is 16.2. The number of likely N-dealkylation sites (tertiary alicyclic amines) is 1. The Morgan fingerprint density at radius 1 is 1.28 bits per heavy atom. The highest BCUT2D eigenvalue weighted by Crippen LogP contribution is 2.26. The summed E-state index contributed by atoms with van der Waals surface area (Å²) in [6.07, 6.45) is 4.98. The largest absolute Gasteiger partial charge is 0.353 e. The van der Waals surface area contributed by atoms with Gasteiger partial charge in [0.25, 0.3) is 0 Å². The summed E-state index contributed by atoms with van der Waals surface area (Å²) in [6, 6.07) is 0.344. The normalized spacial score (nSPS) is 25.8. The van der Waals surface area contributed by atoms with Gasteiger partial charge in [-0.15, -0.1) is 0 Å². The fourth-order valence-electron chi connectivity index (χ4n) is 2.92. The first kappa shape index (κ1) is 13.4. The fraction of sp³-hybridized carbons (Fsp3) is 0.857. The van der Waals surface area contributed by atoms with E-state index < -0.39 is 0 Å². The van der Waals surface area contributed by atoms with Gasteiger partial charge in [0.15, 0.2) is 0 Å². The van der Waals surface area contributed by atoms with Crippen LogP contribution < -0.4 is 5.32 Å². The molecule has 0 aromatic heterocycles. The van der Waals surface area contributed by atoms with E-state index in [-0.39, 0.29) is 23.3 Å². The molecule has 18 heavy (non-hydrogen) atoms. The SMILES string of the molecule is CC(C)(C)N1C[C@@H](C(=O)NC2CCCC2)CC1=O. The second-order valence-corrected chi connectivity index (χ2v) is 6.57. The fourth-order valence-corrected chi connectivity index (χ4v) is 2.92. The van der Waals surface area contributed by atoms with Gasteiger partial charge < -0.3 is 10.2 Å². The molecule has 1 N–H and O–H groups in total. The highest BCUT2D eigenvalue weighted by Gasteiger charge is 2.39. The summed E-state index contributed by atoms with van der Waals surface area (Å²) < 4.78 is 0. The molecular formula is C14H24N2O2. The molecule has 0 aromatic rings. The molecule has 1 aliphatic heterocycles. The van der Waals surface area contributed by atoms with Crippen LogP contribution in [-0.2, 0) is 9.59 Å². The summed E-state index contributed by atoms with van der Waals surface area (Å²) in [5, 5.41) is 3.10. The Morgan fingerprint density at radius 3 is 2.39 bits per heavy atom. The van der Waals surface area contributed by atoms with E-state index in [1.165, 1.54) is 12.8 Å². The lowest BCUT2D eigenvalue weighted by Crippen LogP contribution is -2.44. The Hall–Kier alpha value is -1.06. The van der Waals surface area contributed by atoms with E-state index in [2.05, 4.69) is 5.32 Å². The Labute approximate surface area is 109 Å². The molecule has 0 bridgehead atoms. The van der Waals surface area contributed by atoms with E-state index in [9.17, 15) is 9.59 Å². The van der Waals surface area contributed by atoms with Gasteiger partial charge in [-0.3, -0.25) is 9.59 Å². The molecule has 0 spiro atoms. The van der Waals surface area contributed by atoms with E-state index in [0.717, 1.165) is 12.8 Å². The minimum absolute atomic E-state index is 0.0713. The first-order valence-electron chi connectivity index (χ1n) is 6.99. The van der Waals surface area contributed by atoms with E-state index in [1.807, 2.05) is 25.7 Å². The molecule has 1 saturated heterocycles. The van der Waals surface area contributed by atoms with Crippen LogP contribution in [0.1, 0.15) is 52.9 Å². The number of carbonyl (C=O) groups excluding carboxylic acids is 2. The molecular weight excluding hydrogens is 228 g/mol. The third-order valence-electron chi connectivity index (χ3n) is 4.01. The van der Waals surface area contributed by atoms with Crippen LogP contribution in [-0.4, -0.2) is 34.8 Å². The van der Waals surface area contributed by atoms with Gasteiger partial charge in [-0.25, -0.2) is 0 Å². The summed E-state index contributed by atoms with van der Waals surface area (Å²) in [5.74, 6) is 0.0217. The molecule has 1 heterocycles. The van der Waals surface area contributed by atoms with Crippen LogP contribution in [0.15, 0.2) is 0 Å². The molecule has 2 amide bonds. The summed E-state index contributed by atoms with van der Waals surface area (Å²) in [7, 11) is 0. The van der Waals surface area contributed by atoms with Crippen molar-refractivity contribution >= 4 is 11.8 Å². The number of nitrogens with one attached hydrogen (secondary N) is 1. The monoisotopic (exact) mass is 252 g/mol. The maximum atomic E-state index is 12.1. The quantitative estimate of drug-likeness (QED) is 0.813. The second-order valence-electron chi connectivity index (χ2n) is 6.57. The van der Waals surface area contributed by atoms with Gasteiger partial charge in [0.1, 0.15) is 0 Å². The lowest BCUT2D eigenvalue weighted by Gasteiger charge is -2.32. The molecule has 1 atom stereocenters. The van der Waals surface area contributed by atoms with Gasteiger partial charge in [-0.05, 0) is 33.6 Å². The van der Waals surface area contributed by atoms with Gasteiger partial charge in [-0.1, -0.05) is 12.8 Å². The zero-order valence-corrected chi connectivity index (χ0v) is 11.7. The number of rotatable bonds is 2. The maximum absolute atomic E-state index is 12.1. The summed E-state index contributed by atoms with van der Waals surface area (Å²) in [5.41, 5.74) is -0.181. The van der Waals surface area contributed by atoms with E-state index >= 15 is 0 Å². The van der Waals surface area contributed by atoms with Crippen LogP contribution in [0, 0.1) is 5.92 Å². The lowest BCUT2D eigenvalue weighted by atomic mass is 10.1. The first-order chi connectivity index (χ1) is 8.38. The molecule has 4 heteroatoms. The number of hydrogen-bond donors (Lipinski definition) is 1. The van der Waals surface area contributed by atoms with Crippen LogP contribution in [0.2, 0.25) is 0 Å². The van der Waals surface area contributed by atoms with Crippen molar-refractivity contribution in [2.45, 2.75) is 64.5 Å². The zero-order chi connectivity index (χ0) is 13.3. The molecule has 2 aliphatic rings. The van der Waals surface area contributed by atoms with Crippen molar-refractivity contribution in [3.63, 3.8) is 0 Å². The third-order valence-corrected chi connectivity index (χ3v) is 4.01. The topological polar surface area (TPSA) is 49.4 Å². The van der Waals surface area contributed by atoms with Gasteiger partial charge in [0.2, 0.25) is 11.8 Å². The predicted octanol–water partition coefficient (Wildman–Crippen LogP) is 1.69. The van der Waals surface area contributed by atoms with Crippen LogP contribution in [0.5, 0.6) is 0 Å². The molecule has 0 radical (unpaired) electrons. The minimum Gasteiger partial charge on any atom is -0.353 e. The van der Waals surface area contributed by atoms with E-state index in [0.29, 0.717) is 19.0 Å². The van der Waals surface area contributed by atoms with Crippen molar-refractivity contribution in [2.75, 3.05) is 6.54 Å². The van der Waals surface area contributed by atoms with Crippen molar-refractivity contribution < 1.29 is 9.59 Å². The Bertz CT molecular complexity index is 340. The summed E-state index contributed by atoms with van der Waals surface area (Å²) in [6.45, 7) is 6.62. The predicted molar refractivity (Wildman–Crippen MR) is 70.0 cm³/mol. The van der Waals surface area contributed by atoms with Crippen molar-refractivity contribution in [1.82, 2.24) is 10.2 Å². The van der Waals surface area contributed by atoms with Gasteiger partial charge in [0, 0.05) is 24.5 Å². The molecule has 4 nitrogen and oxygen atoms in total. The standard InChI is InChI=1S/C14H24N2O2/c1-14(2,3)16-9-10(8-12(16)17)13(18)15-11-6-4-5-7-11/h10-11H,4-9H2,1-3H3,(H,15,18)/t10-/m0/s1. The number of hydrogen-bond acceptors (Lipinski definition) is 2. The number of carbonyl (C=O) groups is 2. The average molecular weight is 252 g/mol. The summed E-state index contributed by atoms with van der Waals surface area (Å²) in [4.78, 5) is 25.9. The zero-order valence-electron chi connectivity index (χ0n) is 11.7.